The summed E-state index contributed by atoms with van der Waals surface area (Å²) in [6, 6.07) is 74.3. The first-order valence-electron chi connectivity index (χ1n) is 18.0. The normalized spacial score (nSPS) is 11.4. The van der Waals surface area contributed by atoms with Crippen molar-refractivity contribution >= 4 is 87.2 Å². The topological polar surface area (TPSA) is 6.48 Å². The summed E-state index contributed by atoms with van der Waals surface area (Å²) in [5.41, 5.74) is 9.24. The van der Waals surface area contributed by atoms with Gasteiger partial charge in [-0.2, -0.15) is 0 Å². The van der Waals surface area contributed by atoms with Crippen molar-refractivity contribution in [2.75, 3.05) is 9.80 Å². The molecular formula is C50H34N2S. The summed E-state index contributed by atoms with van der Waals surface area (Å²) in [5, 5.41) is 7.80. The highest BCUT2D eigenvalue weighted by Gasteiger charge is 2.18. The van der Waals surface area contributed by atoms with Crippen molar-refractivity contribution in [3.63, 3.8) is 0 Å². The van der Waals surface area contributed by atoms with Crippen LogP contribution in [-0.2, 0) is 0 Å². The van der Waals surface area contributed by atoms with Gasteiger partial charge in [-0.25, -0.2) is 0 Å². The van der Waals surface area contributed by atoms with Gasteiger partial charge >= 0.3 is 0 Å². The quantitative estimate of drug-likeness (QED) is 0.153. The van der Waals surface area contributed by atoms with Crippen LogP contribution in [0.4, 0.5) is 34.1 Å². The van der Waals surface area contributed by atoms with Gasteiger partial charge in [0, 0.05) is 59.7 Å². The SMILES string of the molecule is c1ccc(N(c2ccccc2)c2ccc(-c3ccc4c(c3)c3ccccc3c3c5ccc(N(c6ccccc6)c6ccccc6)cc5sc43)cc2)cc1. The number of hydrogen-bond donors (Lipinski definition) is 0. The van der Waals surface area contributed by atoms with Crippen molar-refractivity contribution in [1.29, 1.82) is 0 Å². The number of benzene rings is 9. The third kappa shape index (κ3) is 5.50. The molecule has 0 radical (unpaired) electrons. The molecule has 0 spiro atoms. The van der Waals surface area contributed by atoms with E-state index < -0.39 is 0 Å². The molecule has 1 aromatic heterocycles. The maximum Gasteiger partial charge on any atom is 0.0476 e. The minimum Gasteiger partial charge on any atom is -0.311 e. The van der Waals surface area contributed by atoms with Gasteiger partial charge in [0.15, 0.2) is 0 Å². The Morgan fingerprint density at radius 1 is 0.283 bits per heavy atom. The highest BCUT2D eigenvalue weighted by Crippen LogP contribution is 2.47. The van der Waals surface area contributed by atoms with Gasteiger partial charge in [0.1, 0.15) is 0 Å². The van der Waals surface area contributed by atoms with Crippen LogP contribution in [0, 0.1) is 0 Å². The lowest BCUT2D eigenvalue weighted by atomic mass is 9.94. The van der Waals surface area contributed by atoms with E-state index in [9.17, 15) is 0 Å². The van der Waals surface area contributed by atoms with Crippen LogP contribution >= 0.6 is 11.3 Å². The Hall–Kier alpha value is -6.68. The zero-order chi connectivity index (χ0) is 35.1. The van der Waals surface area contributed by atoms with Crippen molar-refractivity contribution in [1.82, 2.24) is 0 Å². The zero-order valence-electron chi connectivity index (χ0n) is 28.9. The first-order chi connectivity index (χ1) is 26.3. The molecule has 0 saturated heterocycles. The molecule has 10 aromatic rings. The minimum absolute atomic E-state index is 1.13. The molecule has 10 rings (SSSR count). The van der Waals surface area contributed by atoms with E-state index >= 15 is 0 Å². The number of rotatable bonds is 7. The van der Waals surface area contributed by atoms with Crippen molar-refractivity contribution in [3.8, 4) is 11.1 Å². The van der Waals surface area contributed by atoms with Gasteiger partial charge in [-0.15, -0.1) is 11.3 Å². The van der Waals surface area contributed by atoms with Crippen LogP contribution in [0.25, 0.3) is 52.8 Å². The summed E-state index contributed by atoms with van der Waals surface area (Å²) in [6.45, 7) is 0. The van der Waals surface area contributed by atoms with Crippen molar-refractivity contribution in [3.05, 3.63) is 206 Å². The van der Waals surface area contributed by atoms with Crippen LogP contribution in [0.1, 0.15) is 0 Å². The van der Waals surface area contributed by atoms with Gasteiger partial charge in [-0.3, -0.25) is 0 Å². The van der Waals surface area contributed by atoms with E-state index in [4.69, 9.17) is 0 Å². The zero-order valence-corrected chi connectivity index (χ0v) is 29.7. The van der Waals surface area contributed by atoms with Gasteiger partial charge in [-0.05, 0) is 106 Å². The summed E-state index contributed by atoms with van der Waals surface area (Å²) < 4.78 is 2.62. The number of para-hydroxylation sites is 4. The molecule has 53 heavy (non-hydrogen) atoms. The van der Waals surface area contributed by atoms with E-state index in [0.29, 0.717) is 0 Å². The van der Waals surface area contributed by atoms with Crippen LogP contribution in [-0.4, -0.2) is 0 Å². The summed E-state index contributed by atoms with van der Waals surface area (Å²) in [5.74, 6) is 0. The molecule has 0 saturated carbocycles. The Kier molecular flexibility index (Phi) is 7.71. The third-order valence-corrected chi connectivity index (χ3v) is 11.4. The lowest BCUT2D eigenvalue weighted by molar-refractivity contribution is 1.28. The lowest BCUT2D eigenvalue weighted by Gasteiger charge is -2.25. The number of anilines is 6. The fraction of sp³-hybridized carbons (Fsp3) is 0. The van der Waals surface area contributed by atoms with Gasteiger partial charge in [0.2, 0.25) is 0 Å². The van der Waals surface area contributed by atoms with E-state index in [1.165, 1.54) is 52.8 Å². The number of nitrogens with zero attached hydrogens (tertiary/aromatic N) is 2. The molecule has 0 bridgehead atoms. The molecule has 0 amide bonds. The van der Waals surface area contributed by atoms with Gasteiger partial charge in [-0.1, -0.05) is 127 Å². The van der Waals surface area contributed by atoms with Crippen molar-refractivity contribution in [2.45, 2.75) is 0 Å². The Labute approximate surface area is 313 Å². The van der Waals surface area contributed by atoms with Crippen molar-refractivity contribution < 1.29 is 0 Å². The van der Waals surface area contributed by atoms with Gasteiger partial charge < -0.3 is 9.80 Å². The highest BCUT2D eigenvalue weighted by atomic mass is 32.1. The maximum absolute atomic E-state index is 2.39. The molecule has 0 atom stereocenters. The summed E-state index contributed by atoms with van der Waals surface area (Å²) in [7, 11) is 0. The smallest absolute Gasteiger partial charge is 0.0476 e. The average Bonchev–Trinajstić information content (AvgIpc) is 3.62. The molecule has 250 valence electrons. The maximum atomic E-state index is 2.39. The van der Waals surface area contributed by atoms with Crippen LogP contribution in [0.5, 0.6) is 0 Å². The number of thiophene rings is 1. The largest absolute Gasteiger partial charge is 0.311 e. The standard InChI is InChI=1S/C50H34N2S/c1-5-15-37(16-6-1)51(38-17-7-2-8-18-38)41-28-25-35(26-29-41)36-27-31-45-47(33-36)43-23-13-14-24-44(43)49-46-32-30-42(34-48(46)53-50(45)49)52(39-19-9-3-10-20-39)40-21-11-4-12-22-40/h1-34H. The average molecular weight is 695 g/mol. The summed E-state index contributed by atoms with van der Waals surface area (Å²) in [6.07, 6.45) is 0. The molecule has 0 unspecified atom stereocenters. The van der Waals surface area contributed by atoms with Gasteiger partial charge in [0.05, 0.1) is 0 Å². The second-order valence-corrected chi connectivity index (χ2v) is 14.4. The van der Waals surface area contributed by atoms with Crippen LogP contribution in [0.2, 0.25) is 0 Å². The van der Waals surface area contributed by atoms with Crippen LogP contribution in [0.3, 0.4) is 0 Å². The molecule has 0 aliphatic rings. The Bertz CT molecular complexity index is 2790. The van der Waals surface area contributed by atoms with Crippen LogP contribution in [0.15, 0.2) is 206 Å². The molecule has 1 heterocycles. The molecule has 3 heteroatoms. The monoisotopic (exact) mass is 694 g/mol. The number of fused-ring (bicyclic) bond motifs is 8. The van der Waals surface area contributed by atoms with Crippen molar-refractivity contribution in [2.24, 2.45) is 0 Å². The van der Waals surface area contributed by atoms with E-state index in [-0.39, 0.29) is 0 Å². The first kappa shape index (κ1) is 31.1. The fourth-order valence-corrected chi connectivity index (χ4v) is 9.06. The molecule has 0 aliphatic heterocycles. The van der Waals surface area contributed by atoms with E-state index in [2.05, 4.69) is 216 Å². The van der Waals surface area contributed by atoms with E-state index in [1.807, 2.05) is 11.3 Å². The van der Waals surface area contributed by atoms with E-state index in [1.54, 1.807) is 0 Å². The second-order valence-electron chi connectivity index (χ2n) is 13.4. The Morgan fingerprint density at radius 3 is 1.28 bits per heavy atom. The van der Waals surface area contributed by atoms with Crippen LogP contribution < -0.4 is 9.80 Å². The predicted molar refractivity (Wildman–Crippen MR) is 229 cm³/mol. The summed E-state index contributed by atoms with van der Waals surface area (Å²) >= 11 is 1.90. The molecule has 0 N–H and O–H groups in total. The Morgan fingerprint density at radius 2 is 0.717 bits per heavy atom. The van der Waals surface area contributed by atoms with Gasteiger partial charge in [0.25, 0.3) is 0 Å². The predicted octanol–water partition coefficient (Wildman–Crippen LogP) is 15.0. The molecule has 0 fully saturated rings. The van der Waals surface area contributed by atoms with E-state index in [0.717, 1.165) is 34.1 Å². The Balaban J connectivity index is 1.09. The molecule has 2 nitrogen and oxygen atoms in total. The molecular weight excluding hydrogens is 661 g/mol. The first-order valence-corrected chi connectivity index (χ1v) is 18.8. The second kappa shape index (κ2) is 13.1. The fourth-order valence-electron chi connectivity index (χ4n) is 7.77. The minimum atomic E-state index is 1.13. The summed E-state index contributed by atoms with van der Waals surface area (Å²) in [4.78, 5) is 4.65. The molecule has 0 aliphatic carbocycles. The molecule has 9 aromatic carbocycles. The highest BCUT2D eigenvalue weighted by molar-refractivity contribution is 7.27. The number of hydrogen-bond acceptors (Lipinski definition) is 3. The lowest BCUT2D eigenvalue weighted by Crippen LogP contribution is -2.09. The third-order valence-electron chi connectivity index (χ3n) is 10.2.